The number of aromatic nitrogens is 2. The zero-order chi connectivity index (χ0) is 14.4. The fraction of sp³-hybridized carbons (Fsp3) is 0.333. The summed E-state index contributed by atoms with van der Waals surface area (Å²) in [6.45, 7) is 1.23. The summed E-state index contributed by atoms with van der Waals surface area (Å²) in [5.74, 6) is 0.550. The van der Waals surface area contributed by atoms with Gasteiger partial charge in [-0.05, 0) is 29.5 Å². The van der Waals surface area contributed by atoms with E-state index in [2.05, 4.69) is 15.5 Å². The van der Waals surface area contributed by atoms with Crippen molar-refractivity contribution in [3.63, 3.8) is 0 Å². The van der Waals surface area contributed by atoms with Gasteiger partial charge in [0.25, 0.3) is 0 Å². The van der Waals surface area contributed by atoms with Crippen molar-refractivity contribution in [2.45, 2.75) is 23.4 Å². The smallest absolute Gasteiger partial charge is 0.340 e. The number of nitrogens with zero attached hydrogens (tertiary/aromatic N) is 2. The Labute approximate surface area is 117 Å². The van der Waals surface area contributed by atoms with Crippen LogP contribution >= 0.6 is 11.8 Å². The molecule has 0 spiro atoms. The Morgan fingerprint density at radius 3 is 2.55 bits per heavy atom. The first-order valence-electron chi connectivity index (χ1n) is 5.84. The summed E-state index contributed by atoms with van der Waals surface area (Å²) in [5.41, 5.74) is -3.33. The van der Waals surface area contributed by atoms with E-state index in [4.69, 9.17) is 4.52 Å². The second-order valence-electron chi connectivity index (χ2n) is 3.95. The van der Waals surface area contributed by atoms with Gasteiger partial charge in [0.15, 0.2) is 6.33 Å². The van der Waals surface area contributed by atoms with E-state index in [1.807, 2.05) is 0 Å². The minimum absolute atomic E-state index is 0.112. The molecule has 4 nitrogen and oxygen atoms in total. The summed E-state index contributed by atoms with van der Waals surface area (Å²) < 4.78 is 41.3. The molecule has 1 aromatic heterocycles. The topological polar surface area (TPSA) is 51.0 Å². The monoisotopic (exact) mass is 303 g/mol. The summed E-state index contributed by atoms with van der Waals surface area (Å²) in [6.07, 6.45) is 1.95. The maximum Gasteiger partial charge on any atom is 0.446 e. The van der Waals surface area contributed by atoms with Gasteiger partial charge in [0.2, 0.25) is 5.89 Å². The van der Waals surface area contributed by atoms with Crippen molar-refractivity contribution < 1.29 is 17.7 Å². The van der Waals surface area contributed by atoms with Crippen molar-refractivity contribution in [2.24, 2.45) is 0 Å². The standard InChI is InChI=1S/C12H12F3N3OS/c13-12(14,15)20-10-3-1-9(2-4-10)7-16-6-5-11-17-8-18-19-11/h1-4,8,16H,5-7H2. The summed E-state index contributed by atoms with van der Waals surface area (Å²) in [6, 6.07) is 6.28. The molecule has 108 valence electrons. The van der Waals surface area contributed by atoms with Gasteiger partial charge >= 0.3 is 5.51 Å². The molecule has 2 aromatic rings. The highest BCUT2D eigenvalue weighted by molar-refractivity contribution is 8.00. The molecule has 0 aliphatic heterocycles. The zero-order valence-electron chi connectivity index (χ0n) is 10.4. The fourth-order valence-corrected chi connectivity index (χ4v) is 2.08. The number of alkyl halides is 3. The molecule has 0 unspecified atom stereocenters. The fourth-order valence-electron chi connectivity index (χ4n) is 1.54. The van der Waals surface area contributed by atoms with Crippen molar-refractivity contribution in [2.75, 3.05) is 6.54 Å². The molecule has 0 bridgehead atoms. The molecule has 0 fully saturated rings. The van der Waals surface area contributed by atoms with E-state index in [0.717, 1.165) is 5.56 Å². The lowest BCUT2D eigenvalue weighted by atomic mass is 10.2. The molecular weight excluding hydrogens is 291 g/mol. The Kier molecular flexibility index (Phi) is 5.02. The molecule has 20 heavy (non-hydrogen) atoms. The van der Waals surface area contributed by atoms with Gasteiger partial charge in [-0.25, -0.2) is 0 Å². The number of hydrogen-bond acceptors (Lipinski definition) is 5. The molecule has 1 N–H and O–H groups in total. The van der Waals surface area contributed by atoms with Crippen LogP contribution in [0.5, 0.6) is 0 Å². The summed E-state index contributed by atoms with van der Waals surface area (Å²) in [5, 5.41) is 6.64. The van der Waals surface area contributed by atoms with E-state index in [0.29, 0.717) is 25.4 Å². The lowest BCUT2D eigenvalue weighted by molar-refractivity contribution is -0.0328. The van der Waals surface area contributed by atoms with Gasteiger partial charge in [0.1, 0.15) is 0 Å². The first-order valence-corrected chi connectivity index (χ1v) is 6.65. The van der Waals surface area contributed by atoms with E-state index in [-0.39, 0.29) is 16.7 Å². The van der Waals surface area contributed by atoms with Crippen molar-refractivity contribution in [1.82, 2.24) is 15.5 Å². The number of benzene rings is 1. The number of halogens is 3. The van der Waals surface area contributed by atoms with Crippen LogP contribution in [0.25, 0.3) is 0 Å². The van der Waals surface area contributed by atoms with Crippen molar-refractivity contribution in [1.29, 1.82) is 0 Å². The quantitative estimate of drug-likeness (QED) is 0.656. The Hall–Kier alpha value is -1.54. The number of nitrogens with one attached hydrogen (secondary N) is 1. The van der Waals surface area contributed by atoms with Crippen LogP contribution in [0.2, 0.25) is 0 Å². The predicted octanol–water partition coefficient (Wildman–Crippen LogP) is 3.01. The molecule has 2 rings (SSSR count). The highest BCUT2D eigenvalue weighted by atomic mass is 32.2. The van der Waals surface area contributed by atoms with E-state index >= 15 is 0 Å². The molecule has 8 heteroatoms. The Morgan fingerprint density at radius 1 is 1.20 bits per heavy atom. The van der Waals surface area contributed by atoms with Crippen LogP contribution in [-0.2, 0) is 13.0 Å². The number of rotatable bonds is 6. The summed E-state index contributed by atoms with van der Waals surface area (Å²) in [7, 11) is 0. The third kappa shape index (κ3) is 5.22. The van der Waals surface area contributed by atoms with Crippen molar-refractivity contribution in [3.05, 3.63) is 42.0 Å². The van der Waals surface area contributed by atoms with Crippen LogP contribution < -0.4 is 5.32 Å². The van der Waals surface area contributed by atoms with Crippen LogP contribution in [0.4, 0.5) is 13.2 Å². The second-order valence-corrected chi connectivity index (χ2v) is 5.09. The molecule has 0 amide bonds. The zero-order valence-corrected chi connectivity index (χ0v) is 11.2. The molecule has 0 saturated heterocycles. The predicted molar refractivity (Wildman–Crippen MR) is 68.1 cm³/mol. The van der Waals surface area contributed by atoms with Crippen LogP contribution in [0.1, 0.15) is 11.5 Å². The van der Waals surface area contributed by atoms with Gasteiger partial charge in [-0.2, -0.15) is 18.2 Å². The molecular formula is C12H12F3N3OS. The highest BCUT2D eigenvalue weighted by Gasteiger charge is 2.28. The first kappa shape index (κ1) is 14.9. The molecule has 0 aliphatic rings. The van der Waals surface area contributed by atoms with Gasteiger partial charge in [0, 0.05) is 24.4 Å². The van der Waals surface area contributed by atoms with Crippen LogP contribution in [-0.4, -0.2) is 22.2 Å². The van der Waals surface area contributed by atoms with Crippen LogP contribution in [0, 0.1) is 0 Å². The van der Waals surface area contributed by atoms with Crippen LogP contribution in [0.3, 0.4) is 0 Å². The Balaban J connectivity index is 1.73. The third-order valence-electron chi connectivity index (χ3n) is 2.41. The second kappa shape index (κ2) is 6.76. The Bertz CT molecular complexity index is 514. The third-order valence-corrected chi connectivity index (χ3v) is 3.15. The van der Waals surface area contributed by atoms with Gasteiger partial charge in [-0.1, -0.05) is 17.3 Å². The van der Waals surface area contributed by atoms with Gasteiger partial charge < -0.3 is 9.84 Å². The first-order chi connectivity index (χ1) is 9.53. The lowest BCUT2D eigenvalue weighted by Crippen LogP contribution is -2.16. The molecule has 0 atom stereocenters. The maximum atomic E-state index is 12.2. The molecule has 0 radical (unpaired) electrons. The minimum atomic E-state index is -4.25. The maximum absolute atomic E-state index is 12.2. The lowest BCUT2D eigenvalue weighted by Gasteiger charge is -2.07. The SMILES string of the molecule is FC(F)(F)Sc1ccc(CNCCc2ncno2)cc1. The molecule has 0 aliphatic carbocycles. The highest BCUT2D eigenvalue weighted by Crippen LogP contribution is 2.36. The van der Waals surface area contributed by atoms with Gasteiger partial charge in [-0.15, -0.1) is 0 Å². The van der Waals surface area contributed by atoms with E-state index in [1.54, 1.807) is 12.1 Å². The molecule has 0 saturated carbocycles. The van der Waals surface area contributed by atoms with E-state index in [9.17, 15) is 13.2 Å². The average Bonchev–Trinajstić information content (AvgIpc) is 2.88. The summed E-state index contributed by atoms with van der Waals surface area (Å²) >= 11 is -0.112. The van der Waals surface area contributed by atoms with Gasteiger partial charge in [-0.3, -0.25) is 0 Å². The Morgan fingerprint density at radius 2 is 1.95 bits per heavy atom. The number of thioether (sulfide) groups is 1. The van der Waals surface area contributed by atoms with E-state index in [1.165, 1.54) is 18.5 Å². The van der Waals surface area contributed by atoms with Gasteiger partial charge in [0.05, 0.1) is 0 Å². The van der Waals surface area contributed by atoms with Crippen molar-refractivity contribution >= 4 is 11.8 Å². The largest absolute Gasteiger partial charge is 0.446 e. The average molecular weight is 303 g/mol. The minimum Gasteiger partial charge on any atom is -0.340 e. The van der Waals surface area contributed by atoms with Crippen molar-refractivity contribution in [3.8, 4) is 0 Å². The summed E-state index contributed by atoms with van der Waals surface area (Å²) in [4.78, 5) is 4.07. The van der Waals surface area contributed by atoms with Crippen LogP contribution in [0.15, 0.2) is 40.0 Å². The molecule has 1 aromatic carbocycles. The molecule has 1 heterocycles. The van der Waals surface area contributed by atoms with E-state index < -0.39 is 5.51 Å². The normalized spacial score (nSPS) is 11.8. The number of hydrogen-bond donors (Lipinski definition) is 1.